The van der Waals surface area contributed by atoms with Gasteiger partial charge in [-0.05, 0) is 25.7 Å². The van der Waals surface area contributed by atoms with Gasteiger partial charge >= 0.3 is 0 Å². The van der Waals surface area contributed by atoms with E-state index in [4.69, 9.17) is 10.5 Å². The Labute approximate surface area is 117 Å². The topological polar surface area (TPSA) is 93.4 Å². The molecule has 1 atom stereocenters. The first-order chi connectivity index (χ1) is 9.76. The number of rotatable bonds is 6. The number of nitrogens with one attached hydrogen (secondary N) is 1. The molecule has 1 saturated carbocycles. The van der Waals surface area contributed by atoms with Crippen molar-refractivity contribution in [2.45, 2.75) is 37.8 Å². The van der Waals surface area contributed by atoms with E-state index in [2.05, 4.69) is 20.2 Å². The molecular formula is C13H19N5O2. The highest BCUT2D eigenvalue weighted by atomic mass is 16.5. The first-order valence-corrected chi connectivity index (χ1v) is 6.99. The molecule has 1 aromatic heterocycles. The molecule has 1 aromatic rings. The Bertz CT molecular complexity index is 492. The Kier molecular flexibility index (Phi) is 3.58. The van der Waals surface area contributed by atoms with Gasteiger partial charge in [-0.2, -0.15) is 9.97 Å². The van der Waals surface area contributed by atoms with E-state index in [9.17, 15) is 4.79 Å². The van der Waals surface area contributed by atoms with Gasteiger partial charge in [0.25, 0.3) is 6.47 Å². The van der Waals surface area contributed by atoms with Crippen LogP contribution in [0.25, 0.3) is 0 Å². The van der Waals surface area contributed by atoms with E-state index in [-0.39, 0.29) is 12.0 Å². The molecule has 0 spiro atoms. The van der Waals surface area contributed by atoms with Crippen LogP contribution in [0.1, 0.15) is 25.7 Å². The number of nitrogen functional groups attached to an aromatic ring is 1. The summed E-state index contributed by atoms with van der Waals surface area (Å²) < 4.78 is 4.89. The third-order valence-corrected chi connectivity index (χ3v) is 3.69. The molecule has 0 radical (unpaired) electrons. The summed E-state index contributed by atoms with van der Waals surface area (Å²) in [6.45, 7) is 1.77. The Balaban J connectivity index is 1.76. The van der Waals surface area contributed by atoms with Crippen molar-refractivity contribution in [3.63, 3.8) is 0 Å². The molecule has 108 valence electrons. The van der Waals surface area contributed by atoms with Crippen LogP contribution < -0.4 is 16.0 Å². The van der Waals surface area contributed by atoms with Crippen molar-refractivity contribution in [1.29, 1.82) is 0 Å². The lowest BCUT2D eigenvalue weighted by atomic mass is 10.2. The van der Waals surface area contributed by atoms with Crippen molar-refractivity contribution in [3.05, 3.63) is 6.07 Å². The Morgan fingerprint density at radius 3 is 3.05 bits per heavy atom. The first kappa shape index (κ1) is 13.0. The number of aromatic nitrogens is 2. The summed E-state index contributed by atoms with van der Waals surface area (Å²) in [6, 6.07) is 2.61. The summed E-state index contributed by atoms with van der Waals surface area (Å²) >= 11 is 0. The van der Waals surface area contributed by atoms with Gasteiger partial charge in [0, 0.05) is 18.7 Å². The number of nitrogens with zero attached hydrogens (tertiary/aromatic N) is 3. The van der Waals surface area contributed by atoms with Gasteiger partial charge in [0.15, 0.2) is 0 Å². The normalized spacial score (nSPS) is 21.8. The smallest absolute Gasteiger partial charge is 0.293 e. The SMILES string of the molecule is Nc1nc(NC2CC2)cc(N2CCC[C@@H]2COC=O)n1. The van der Waals surface area contributed by atoms with Crippen LogP contribution in [0.4, 0.5) is 17.6 Å². The van der Waals surface area contributed by atoms with Crippen LogP contribution >= 0.6 is 0 Å². The fourth-order valence-electron chi connectivity index (χ4n) is 2.57. The van der Waals surface area contributed by atoms with Crippen molar-refractivity contribution in [2.75, 3.05) is 29.1 Å². The Morgan fingerprint density at radius 2 is 2.30 bits per heavy atom. The summed E-state index contributed by atoms with van der Waals surface area (Å²) in [7, 11) is 0. The summed E-state index contributed by atoms with van der Waals surface area (Å²) in [5, 5.41) is 3.33. The quantitative estimate of drug-likeness (QED) is 0.742. The van der Waals surface area contributed by atoms with Gasteiger partial charge in [-0.1, -0.05) is 0 Å². The largest absolute Gasteiger partial charge is 0.466 e. The van der Waals surface area contributed by atoms with Crippen LogP contribution in [0.5, 0.6) is 0 Å². The van der Waals surface area contributed by atoms with E-state index in [0.717, 1.165) is 31.0 Å². The van der Waals surface area contributed by atoms with E-state index >= 15 is 0 Å². The molecule has 1 aliphatic carbocycles. The van der Waals surface area contributed by atoms with Crippen molar-refractivity contribution in [1.82, 2.24) is 9.97 Å². The minimum atomic E-state index is 0.170. The Morgan fingerprint density at radius 1 is 1.45 bits per heavy atom. The molecule has 0 aromatic carbocycles. The highest BCUT2D eigenvalue weighted by Gasteiger charge is 2.28. The first-order valence-electron chi connectivity index (χ1n) is 6.99. The van der Waals surface area contributed by atoms with Gasteiger partial charge in [-0.25, -0.2) is 0 Å². The van der Waals surface area contributed by atoms with Crippen molar-refractivity contribution >= 4 is 24.1 Å². The average Bonchev–Trinajstić information content (AvgIpc) is 3.10. The maximum Gasteiger partial charge on any atom is 0.293 e. The Hall–Kier alpha value is -2.05. The monoisotopic (exact) mass is 277 g/mol. The molecule has 0 amide bonds. The van der Waals surface area contributed by atoms with Crippen LogP contribution in [-0.4, -0.2) is 41.7 Å². The molecule has 0 bridgehead atoms. The van der Waals surface area contributed by atoms with E-state index in [1.807, 2.05) is 6.07 Å². The number of nitrogens with two attached hydrogens (primary N) is 1. The minimum Gasteiger partial charge on any atom is -0.466 e. The predicted octanol–water partition coefficient (Wildman–Crippen LogP) is 0.775. The zero-order valence-corrected chi connectivity index (χ0v) is 11.3. The van der Waals surface area contributed by atoms with Crippen LogP contribution in [0.15, 0.2) is 6.07 Å². The molecule has 2 aliphatic rings. The molecule has 2 heterocycles. The highest BCUT2D eigenvalue weighted by Crippen LogP contribution is 2.29. The van der Waals surface area contributed by atoms with Crippen molar-refractivity contribution in [2.24, 2.45) is 0 Å². The fraction of sp³-hybridized carbons (Fsp3) is 0.615. The minimum absolute atomic E-state index is 0.170. The molecule has 1 saturated heterocycles. The standard InChI is InChI=1S/C13H19N5O2/c14-13-16-11(15-9-3-4-9)6-12(17-13)18-5-1-2-10(18)7-20-8-19/h6,8-10H,1-5,7H2,(H3,14,15,16,17)/t10-/m1/s1. The van der Waals surface area contributed by atoms with Crippen molar-refractivity contribution in [3.8, 4) is 0 Å². The lowest BCUT2D eigenvalue weighted by molar-refractivity contribution is -0.129. The van der Waals surface area contributed by atoms with Gasteiger partial charge in [0.05, 0.1) is 6.04 Å². The molecule has 7 heteroatoms. The number of carbonyl (C=O) groups is 1. The molecule has 3 N–H and O–H groups in total. The van der Waals surface area contributed by atoms with Crippen LogP contribution in [0.3, 0.4) is 0 Å². The summed E-state index contributed by atoms with van der Waals surface area (Å²) in [6.07, 6.45) is 4.41. The van der Waals surface area contributed by atoms with E-state index in [1.165, 1.54) is 12.8 Å². The number of hydrogen-bond acceptors (Lipinski definition) is 7. The van der Waals surface area contributed by atoms with Crippen LogP contribution in [-0.2, 0) is 9.53 Å². The maximum atomic E-state index is 10.3. The predicted molar refractivity (Wildman–Crippen MR) is 75.5 cm³/mol. The third kappa shape index (κ3) is 2.92. The fourth-order valence-corrected chi connectivity index (χ4v) is 2.57. The van der Waals surface area contributed by atoms with Gasteiger partial charge in [-0.15, -0.1) is 0 Å². The molecule has 0 unspecified atom stereocenters. The second-order valence-corrected chi connectivity index (χ2v) is 5.31. The summed E-state index contributed by atoms with van der Waals surface area (Å²) in [4.78, 5) is 21.0. The lowest BCUT2D eigenvalue weighted by Gasteiger charge is -2.25. The molecular weight excluding hydrogens is 258 g/mol. The van der Waals surface area contributed by atoms with E-state index in [0.29, 0.717) is 19.1 Å². The molecule has 7 nitrogen and oxygen atoms in total. The highest BCUT2D eigenvalue weighted by molar-refractivity contribution is 5.54. The number of carbonyl (C=O) groups excluding carboxylic acids is 1. The zero-order valence-electron chi connectivity index (χ0n) is 11.3. The van der Waals surface area contributed by atoms with Crippen molar-refractivity contribution < 1.29 is 9.53 Å². The molecule has 3 rings (SSSR count). The second kappa shape index (κ2) is 5.52. The van der Waals surface area contributed by atoms with Gasteiger partial charge < -0.3 is 20.7 Å². The average molecular weight is 277 g/mol. The van der Waals surface area contributed by atoms with Gasteiger partial charge in [-0.3, -0.25) is 4.79 Å². The summed E-state index contributed by atoms with van der Waals surface area (Å²) in [5.41, 5.74) is 5.79. The summed E-state index contributed by atoms with van der Waals surface area (Å²) in [5.74, 6) is 1.85. The van der Waals surface area contributed by atoms with E-state index in [1.54, 1.807) is 0 Å². The number of anilines is 3. The lowest BCUT2D eigenvalue weighted by Crippen LogP contribution is -2.34. The second-order valence-electron chi connectivity index (χ2n) is 5.31. The zero-order chi connectivity index (χ0) is 13.9. The third-order valence-electron chi connectivity index (χ3n) is 3.69. The van der Waals surface area contributed by atoms with E-state index < -0.39 is 0 Å². The number of hydrogen-bond donors (Lipinski definition) is 2. The molecule has 1 aliphatic heterocycles. The molecule has 2 fully saturated rings. The van der Waals surface area contributed by atoms with Gasteiger partial charge in [0.2, 0.25) is 5.95 Å². The number of ether oxygens (including phenoxy) is 1. The molecule has 20 heavy (non-hydrogen) atoms. The van der Waals surface area contributed by atoms with Crippen LogP contribution in [0.2, 0.25) is 0 Å². The van der Waals surface area contributed by atoms with Crippen LogP contribution in [0, 0.1) is 0 Å². The maximum absolute atomic E-state index is 10.3. The van der Waals surface area contributed by atoms with Gasteiger partial charge in [0.1, 0.15) is 18.2 Å².